The minimum absolute atomic E-state index is 0.00269. The molecule has 0 saturated heterocycles. The predicted octanol–water partition coefficient (Wildman–Crippen LogP) is 2.20. The fourth-order valence-electron chi connectivity index (χ4n) is 1.68. The Labute approximate surface area is 126 Å². The van der Waals surface area contributed by atoms with Crippen molar-refractivity contribution in [2.45, 2.75) is 19.3 Å². The number of fused-ring (bicyclic) bond motifs is 1. The monoisotopic (exact) mass is 344 g/mol. The molecule has 0 spiro atoms. The van der Waals surface area contributed by atoms with E-state index in [9.17, 15) is 18.3 Å². The van der Waals surface area contributed by atoms with Gasteiger partial charge in [0.25, 0.3) is 0 Å². The van der Waals surface area contributed by atoms with Gasteiger partial charge in [-0.1, -0.05) is 11.6 Å². The SMILES string of the molecule is OCc1nn(CCOCC(F)(F)F)c2c(Cl)nc(Cl)nc12. The summed E-state index contributed by atoms with van der Waals surface area (Å²) in [6, 6.07) is 0. The number of aliphatic hydroxyl groups excluding tert-OH is 1. The Hall–Kier alpha value is -1.16. The molecule has 0 aliphatic rings. The molecule has 0 aliphatic heterocycles. The second-order valence-electron chi connectivity index (χ2n) is 3.98. The van der Waals surface area contributed by atoms with Crippen molar-refractivity contribution in [2.75, 3.05) is 13.2 Å². The first kappa shape index (κ1) is 16.2. The summed E-state index contributed by atoms with van der Waals surface area (Å²) < 4.78 is 41.7. The first-order valence-corrected chi connectivity index (χ1v) is 6.41. The van der Waals surface area contributed by atoms with Crippen LogP contribution in [0.15, 0.2) is 0 Å². The first-order chi connectivity index (χ1) is 9.81. The Bertz CT molecular complexity index is 647. The number of hydrogen-bond donors (Lipinski definition) is 1. The van der Waals surface area contributed by atoms with Crippen LogP contribution in [0.3, 0.4) is 0 Å². The number of nitrogens with zero attached hydrogens (tertiary/aromatic N) is 4. The normalized spacial score (nSPS) is 12.3. The van der Waals surface area contributed by atoms with Gasteiger partial charge in [0, 0.05) is 0 Å². The smallest absolute Gasteiger partial charge is 0.390 e. The van der Waals surface area contributed by atoms with Crippen molar-refractivity contribution >= 4 is 34.2 Å². The van der Waals surface area contributed by atoms with Crippen molar-refractivity contribution in [1.29, 1.82) is 0 Å². The lowest BCUT2D eigenvalue weighted by molar-refractivity contribution is -0.174. The number of aliphatic hydroxyl groups is 1. The maximum Gasteiger partial charge on any atom is 0.411 e. The van der Waals surface area contributed by atoms with E-state index >= 15 is 0 Å². The van der Waals surface area contributed by atoms with E-state index in [1.165, 1.54) is 4.68 Å². The molecule has 0 saturated carbocycles. The summed E-state index contributed by atoms with van der Waals surface area (Å²) in [5.41, 5.74) is 0.728. The van der Waals surface area contributed by atoms with Gasteiger partial charge in [-0.25, -0.2) is 9.97 Å². The molecule has 0 amide bonds. The van der Waals surface area contributed by atoms with Crippen LogP contribution in [-0.4, -0.2) is 44.2 Å². The highest BCUT2D eigenvalue weighted by Crippen LogP contribution is 2.25. The zero-order valence-electron chi connectivity index (χ0n) is 10.4. The Morgan fingerprint density at radius 1 is 1.24 bits per heavy atom. The lowest BCUT2D eigenvalue weighted by atomic mass is 10.3. The highest BCUT2D eigenvalue weighted by Gasteiger charge is 2.27. The fraction of sp³-hybridized carbons (Fsp3) is 0.500. The Kier molecular flexibility index (Phi) is 4.87. The number of rotatable bonds is 5. The average Bonchev–Trinajstić information content (AvgIpc) is 2.71. The third kappa shape index (κ3) is 3.94. The number of alkyl halides is 3. The maximum atomic E-state index is 12.0. The van der Waals surface area contributed by atoms with Crippen molar-refractivity contribution < 1.29 is 23.0 Å². The third-order valence-corrected chi connectivity index (χ3v) is 2.88. The van der Waals surface area contributed by atoms with Crippen LogP contribution >= 0.6 is 23.2 Å². The van der Waals surface area contributed by atoms with E-state index in [1.807, 2.05) is 0 Å². The molecule has 11 heteroatoms. The maximum absolute atomic E-state index is 12.0. The van der Waals surface area contributed by atoms with E-state index in [0.29, 0.717) is 0 Å². The van der Waals surface area contributed by atoms with Gasteiger partial charge in [-0.2, -0.15) is 18.3 Å². The number of hydrogen-bond acceptors (Lipinski definition) is 5. The molecule has 1 N–H and O–H groups in total. The zero-order valence-corrected chi connectivity index (χ0v) is 11.9. The van der Waals surface area contributed by atoms with E-state index in [0.717, 1.165) is 0 Å². The number of halogens is 5. The highest BCUT2D eigenvalue weighted by atomic mass is 35.5. The van der Waals surface area contributed by atoms with Crippen molar-refractivity contribution in [1.82, 2.24) is 19.7 Å². The van der Waals surface area contributed by atoms with Crippen molar-refractivity contribution in [3.05, 3.63) is 16.1 Å². The van der Waals surface area contributed by atoms with Gasteiger partial charge in [-0.15, -0.1) is 0 Å². The van der Waals surface area contributed by atoms with Crippen molar-refractivity contribution in [2.24, 2.45) is 0 Å². The molecule has 0 bridgehead atoms. The van der Waals surface area contributed by atoms with Gasteiger partial charge in [-0.05, 0) is 11.6 Å². The molecular weight excluding hydrogens is 336 g/mol. The largest absolute Gasteiger partial charge is 0.411 e. The molecule has 116 valence electrons. The standard InChI is InChI=1S/C10H9Cl2F3N4O2/c11-8-7-6(16-9(12)17-8)5(3-20)18-19(7)1-2-21-4-10(13,14)15/h20H,1-4H2. The third-order valence-electron chi connectivity index (χ3n) is 2.45. The van der Waals surface area contributed by atoms with Crippen LogP contribution in [0.4, 0.5) is 13.2 Å². The van der Waals surface area contributed by atoms with Crippen LogP contribution in [-0.2, 0) is 17.9 Å². The summed E-state index contributed by atoms with van der Waals surface area (Å²) in [6.07, 6.45) is -4.39. The molecule has 0 atom stereocenters. The topological polar surface area (TPSA) is 73.1 Å². The molecule has 0 aliphatic carbocycles. The lowest BCUT2D eigenvalue weighted by Gasteiger charge is -2.08. The number of ether oxygens (including phenoxy) is 1. The molecule has 0 aromatic carbocycles. The second-order valence-corrected chi connectivity index (χ2v) is 4.67. The van der Waals surface area contributed by atoms with E-state index in [-0.39, 0.29) is 40.3 Å². The van der Waals surface area contributed by atoms with Gasteiger partial charge < -0.3 is 9.84 Å². The van der Waals surface area contributed by atoms with Crippen LogP contribution in [0.2, 0.25) is 10.4 Å². The minimum atomic E-state index is -4.39. The van der Waals surface area contributed by atoms with E-state index in [2.05, 4.69) is 19.8 Å². The van der Waals surface area contributed by atoms with Crippen molar-refractivity contribution in [3.63, 3.8) is 0 Å². The lowest BCUT2D eigenvalue weighted by Crippen LogP contribution is -2.19. The summed E-state index contributed by atoms with van der Waals surface area (Å²) in [5, 5.41) is 13.1. The minimum Gasteiger partial charge on any atom is -0.390 e. The van der Waals surface area contributed by atoms with E-state index in [4.69, 9.17) is 23.2 Å². The van der Waals surface area contributed by atoms with E-state index in [1.54, 1.807) is 0 Å². The molecular formula is C10H9Cl2F3N4O2. The van der Waals surface area contributed by atoms with Gasteiger partial charge in [0.2, 0.25) is 5.28 Å². The second kappa shape index (κ2) is 6.30. The molecule has 2 heterocycles. The summed E-state index contributed by atoms with van der Waals surface area (Å²) >= 11 is 11.6. The quantitative estimate of drug-likeness (QED) is 0.511. The molecule has 0 radical (unpaired) electrons. The molecule has 0 unspecified atom stereocenters. The molecule has 2 aromatic heterocycles. The van der Waals surface area contributed by atoms with Crippen LogP contribution in [0.25, 0.3) is 11.0 Å². The molecule has 2 rings (SSSR count). The summed E-state index contributed by atoms with van der Waals surface area (Å²) in [4.78, 5) is 7.64. The van der Waals surface area contributed by atoms with Gasteiger partial charge in [-0.3, -0.25) is 4.68 Å². The Morgan fingerprint density at radius 3 is 2.57 bits per heavy atom. The first-order valence-electron chi connectivity index (χ1n) is 5.65. The van der Waals surface area contributed by atoms with Gasteiger partial charge >= 0.3 is 6.18 Å². The Morgan fingerprint density at radius 2 is 1.95 bits per heavy atom. The molecule has 21 heavy (non-hydrogen) atoms. The van der Waals surface area contributed by atoms with E-state index < -0.39 is 19.4 Å². The molecule has 2 aromatic rings. The predicted molar refractivity (Wildman–Crippen MR) is 68.1 cm³/mol. The molecule has 0 fully saturated rings. The van der Waals surface area contributed by atoms with Crippen LogP contribution in [0, 0.1) is 0 Å². The highest BCUT2D eigenvalue weighted by molar-refractivity contribution is 6.35. The van der Waals surface area contributed by atoms with Gasteiger partial charge in [0.05, 0.1) is 19.8 Å². The molecule has 6 nitrogen and oxygen atoms in total. The summed E-state index contributed by atoms with van der Waals surface area (Å²) in [6.45, 7) is -2.01. The van der Waals surface area contributed by atoms with Gasteiger partial charge in [0.1, 0.15) is 23.3 Å². The average molecular weight is 345 g/mol. The van der Waals surface area contributed by atoms with Crippen LogP contribution in [0.1, 0.15) is 5.69 Å². The number of aromatic nitrogens is 4. The zero-order chi connectivity index (χ0) is 15.6. The van der Waals surface area contributed by atoms with Crippen molar-refractivity contribution in [3.8, 4) is 0 Å². The van der Waals surface area contributed by atoms with Crippen LogP contribution < -0.4 is 0 Å². The fourth-order valence-corrected chi connectivity index (χ4v) is 2.16. The summed E-state index contributed by atoms with van der Waals surface area (Å²) in [7, 11) is 0. The van der Waals surface area contributed by atoms with Crippen LogP contribution in [0.5, 0.6) is 0 Å². The van der Waals surface area contributed by atoms with Gasteiger partial charge in [0.15, 0.2) is 5.15 Å². The summed E-state index contributed by atoms with van der Waals surface area (Å²) in [5.74, 6) is 0. The Balaban J connectivity index is 2.20.